The molecule has 0 saturated heterocycles. The van der Waals surface area contributed by atoms with Gasteiger partial charge in [0.1, 0.15) is 0 Å². The minimum absolute atomic E-state index is 0. The van der Waals surface area contributed by atoms with Gasteiger partial charge in [0.2, 0.25) is 0 Å². The van der Waals surface area contributed by atoms with Crippen LogP contribution in [0.5, 0.6) is 0 Å². The van der Waals surface area contributed by atoms with Crippen molar-refractivity contribution in [2.24, 2.45) is 9.98 Å². The molecule has 0 saturated carbocycles. The SMILES string of the molecule is O=S(=O)(O)c1ccc(/C2=C3/N=C(\C(c4ccc(S(=O)(=O)O)cc4)=c4/[nH]\c(c5ccccc45)=C(c4ccc(S(=O)(=O)O)cc4)/C4=N\C(=C(\c5ccc(S(=O)(=O)O)cc5)C5NC2c2ccccc25)c2ccccc24)c2ccccc23)cc1.[Na+]. The summed E-state index contributed by atoms with van der Waals surface area (Å²) in [4.78, 5) is 13.7. The molecule has 4 aliphatic rings. The molecule has 8 bridgehead atoms. The van der Waals surface area contributed by atoms with Crippen molar-refractivity contribution in [2.45, 2.75) is 31.7 Å². The Hall–Kier alpha value is -7.54. The Morgan fingerprint density at radius 3 is 0.951 bits per heavy atom. The van der Waals surface area contributed by atoms with E-state index in [1.807, 2.05) is 97.1 Å². The molecule has 0 spiro atoms. The van der Waals surface area contributed by atoms with Gasteiger partial charge in [0.05, 0.1) is 65.2 Å². The average Bonchev–Trinajstić information content (AvgIpc) is 4.43. The summed E-state index contributed by atoms with van der Waals surface area (Å²) in [5, 5.41) is 6.29. The Morgan fingerprint density at radius 2 is 0.630 bits per heavy atom. The van der Waals surface area contributed by atoms with Crippen molar-refractivity contribution in [3.63, 3.8) is 0 Å². The van der Waals surface area contributed by atoms with Gasteiger partial charge in [-0.2, -0.15) is 33.7 Å². The molecule has 3 aliphatic heterocycles. The van der Waals surface area contributed by atoms with Crippen LogP contribution in [0.25, 0.3) is 44.5 Å². The van der Waals surface area contributed by atoms with Crippen LogP contribution >= 0.6 is 0 Å². The van der Waals surface area contributed by atoms with Crippen molar-refractivity contribution >= 4 is 96.4 Å². The Kier molecular flexibility index (Phi) is 13.3. The molecule has 81 heavy (non-hydrogen) atoms. The fourth-order valence-electron chi connectivity index (χ4n) is 11.4. The summed E-state index contributed by atoms with van der Waals surface area (Å²) in [7, 11) is -18.6. The van der Waals surface area contributed by atoms with Crippen LogP contribution < -0.4 is 45.6 Å². The van der Waals surface area contributed by atoms with Gasteiger partial charge < -0.3 is 4.98 Å². The predicted molar refractivity (Wildman–Crippen MR) is 302 cm³/mol. The van der Waals surface area contributed by atoms with Crippen LogP contribution in [0.2, 0.25) is 0 Å². The van der Waals surface area contributed by atoms with E-state index in [0.29, 0.717) is 111 Å². The smallest absolute Gasteiger partial charge is 0.353 e. The van der Waals surface area contributed by atoms with Gasteiger partial charge >= 0.3 is 29.6 Å². The zero-order chi connectivity index (χ0) is 55.6. The van der Waals surface area contributed by atoms with Crippen LogP contribution in [0, 0.1) is 0 Å². The molecule has 0 fully saturated rings. The van der Waals surface area contributed by atoms with Gasteiger partial charge in [-0.1, -0.05) is 146 Å². The standard InChI is InChI=1S/C60H40N4O12S4.Na/c65-77(66,67)37-25-17-33(18-26-37)49-53-41-9-1-2-10-42(41)54(61-53)50(34-19-27-38(28-20-34)78(68,69)70)56-45-13-5-6-14-46(45)58(63-56)52(36-23-31-40(32-24-36)80(74,75)76)60-48-16-8-7-15-47(48)59(64-60)51(35-21-29-39(30-22-35)79(71,72)73)57-44-12-4-3-11-43(44)55(49)62-57;/h1-32,53-54,61,64H,(H,65,66,67)(H,68,69,70)(H,71,72,73)(H,74,75,76);/q;+1/b55-49-,56-50-,59-51-,60-52-;. The molecule has 9 aromatic rings. The van der Waals surface area contributed by atoms with Crippen molar-refractivity contribution in [2.75, 3.05) is 0 Å². The number of aromatic nitrogens is 1. The van der Waals surface area contributed by atoms with Crippen LogP contribution in [0.15, 0.2) is 224 Å². The van der Waals surface area contributed by atoms with Gasteiger partial charge in [-0.05, 0) is 81.9 Å². The van der Waals surface area contributed by atoms with E-state index in [-0.39, 0.29) is 49.1 Å². The molecular formula is C60H40N4NaO12S4+. The predicted octanol–water partition coefficient (Wildman–Crippen LogP) is 5.70. The number of benzene rings is 8. The molecule has 1 aromatic heterocycles. The first-order valence-corrected chi connectivity index (χ1v) is 30.4. The van der Waals surface area contributed by atoms with E-state index in [4.69, 9.17) is 9.98 Å². The van der Waals surface area contributed by atoms with Crippen molar-refractivity contribution in [3.05, 3.63) is 260 Å². The zero-order valence-corrected chi connectivity index (χ0v) is 47.5. The summed E-state index contributed by atoms with van der Waals surface area (Å²) in [6.07, 6.45) is 0. The monoisotopic (exact) mass is 1160 g/mol. The van der Waals surface area contributed by atoms with Gasteiger partial charge in [0, 0.05) is 55.3 Å². The average molecular weight is 1160 g/mol. The van der Waals surface area contributed by atoms with Crippen LogP contribution in [-0.4, -0.2) is 68.3 Å². The molecule has 0 amide bonds. The molecule has 1 aliphatic carbocycles. The van der Waals surface area contributed by atoms with Crippen molar-refractivity contribution in [1.29, 1.82) is 0 Å². The molecule has 396 valence electrons. The Balaban J connectivity index is 0.00000651. The summed E-state index contributed by atoms with van der Waals surface area (Å²) in [5.74, 6) is 0. The second-order valence-corrected chi connectivity index (χ2v) is 25.1. The third-order valence-corrected chi connectivity index (χ3v) is 18.3. The van der Waals surface area contributed by atoms with E-state index in [2.05, 4.69) is 10.3 Å². The van der Waals surface area contributed by atoms with Gasteiger partial charge in [-0.25, -0.2) is 9.98 Å². The number of H-pyrrole nitrogens is 1. The van der Waals surface area contributed by atoms with Gasteiger partial charge in [0.15, 0.2) is 0 Å². The van der Waals surface area contributed by atoms with Crippen LogP contribution in [0.4, 0.5) is 0 Å². The Morgan fingerprint density at radius 1 is 0.346 bits per heavy atom. The van der Waals surface area contributed by atoms with Crippen LogP contribution in [0.1, 0.15) is 67.7 Å². The number of aliphatic imine (C=N–C) groups is 2. The number of nitrogens with one attached hydrogen (secondary N) is 2. The maximum atomic E-state index is 12.6. The summed E-state index contributed by atoms with van der Waals surface area (Å²) in [5.41, 5.74) is 10.1. The van der Waals surface area contributed by atoms with E-state index in [9.17, 15) is 51.9 Å². The van der Waals surface area contributed by atoms with Gasteiger partial charge in [0.25, 0.3) is 40.5 Å². The molecule has 16 nitrogen and oxygen atoms in total. The van der Waals surface area contributed by atoms with E-state index >= 15 is 0 Å². The summed E-state index contributed by atoms with van der Waals surface area (Å²) in [6.45, 7) is 0. The maximum absolute atomic E-state index is 12.6. The van der Waals surface area contributed by atoms with Crippen molar-refractivity contribution in [1.82, 2.24) is 10.3 Å². The van der Waals surface area contributed by atoms with E-state index in [0.717, 1.165) is 11.1 Å². The van der Waals surface area contributed by atoms with E-state index in [1.165, 1.54) is 48.5 Å². The molecule has 4 heterocycles. The first-order valence-electron chi connectivity index (χ1n) is 24.6. The quantitative estimate of drug-likeness (QED) is 0.0789. The summed E-state index contributed by atoms with van der Waals surface area (Å²) >= 11 is 0. The minimum atomic E-state index is -4.65. The van der Waals surface area contributed by atoms with Gasteiger partial charge in [-0.15, -0.1) is 0 Å². The minimum Gasteiger partial charge on any atom is -0.353 e. The fraction of sp³-hybridized carbons (Fsp3) is 0.0333. The fourth-order valence-corrected chi connectivity index (χ4v) is 13.3. The number of hydrogen-bond donors (Lipinski definition) is 6. The summed E-state index contributed by atoms with van der Waals surface area (Å²) < 4.78 is 141. The number of aromatic amines is 1. The normalized spacial score (nSPS) is 20.0. The molecular weight excluding hydrogens is 1120 g/mol. The Bertz CT molecular complexity index is 4630. The molecule has 8 aromatic carbocycles. The van der Waals surface area contributed by atoms with Crippen molar-refractivity contribution < 1.29 is 81.4 Å². The number of nitrogens with zero attached hydrogens (tertiary/aromatic N) is 2. The van der Waals surface area contributed by atoms with E-state index in [1.54, 1.807) is 48.5 Å². The maximum Gasteiger partial charge on any atom is 1.00 e. The summed E-state index contributed by atoms with van der Waals surface area (Å²) in [6, 6.07) is 51.9. The molecule has 2 unspecified atom stereocenters. The molecule has 13 rings (SSSR count). The largest absolute Gasteiger partial charge is 1.00 e. The van der Waals surface area contributed by atoms with E-state index < -0.39 is 52.6 Å². The first-order chi connectivity index (χ1) is 38.2. The zero-order valence-electron chi connectivity index (χ0n) is 42.2. The Labute approximate surface area is 486 Å². The first kappa shape index (κ1) is 54.1. The molecule has 0 radical (unpaired) electrons. The number of hydrogen-bond acceptors (Lipinski definition) is 11. The second-order valence-electron chi connectivity index (χ2n) is 19.4. The van der Waals surface area contributed by atoms with Crippen molar-refractivity contribution in [3.8, 4) is 0 Å². The third-order valence-electron chi connectivity index (χ3n) is 14.9. The van der Waals surface area contributed by atoms with Crippen LogP contribution in [0.3, 0.4) is 0 Å². The van der Waals surface area contributed by atoms with Gasteiger partial charge in [-0.3, -0.25) is 23.5 Å². The third kappa shape index (κ3) is 9.32. The second kappa shape index (κ2) is 19.9. The molecule has 2 atom stereocenters. The molecule has 6 N–H and O–H groups in total. The van der Waals surface area contributed by atoms with Crippen LogP contribution in [-0.2, 0) is 40.5 Å². The topological polar surface area (TPSA) is 270 Å². The molecule has 21 heteroatoms. The number of rotatable bonds is 8.